The van der Waals surface area contributed by atoms with Gasteiger partial charge in [0.25, 0.3) is 0 Å². The number of aliphatic hydroxyl groups excluding tert-OH is 2. The lowest BCUT2D eigenvalue weighted by Gasteiger charge is -2.35. The van der Waals surface area contributed by atoms with E-state index < -0.39 is 6.10 Å². The van der Waals surface area contributed by atoms with Gasteiger partial charge in [-0.1, -0.05) is 6.07 Å². The number of β-amino-alcohol motifs (C(OH)–C–C–N with tert-alkyl or cyclic N) is 1. The molecule has 23 heavy (non-hydrogen) atoms. The van der Waals surface area contributed by atoms with E-state index in [1.54, 1.807) is 6.20 Å². The molecule has 2 atom stereocenters. The summed E-state index contributed by atoms with van der Waals surface area (Å²) in [4.78, 5) is 2.27. The van der Waals surface area contributed by atoms with E-state index in [1.807, 2.05) is 16.9 Å². The van der Waals surface area contributed by atoms with Crippen LogP contribution in [0.15, 0.2) is 30.6 Å². The Balaban J connectivity index is 1.86. The smallest absolute Gasteiger partial charge is 0.0717 e. The van der Waals surface area contributed by atoms with E-state index in [-0.39, 0.29) is 12.5 Å². The van der Waals surface area contributed by atoms with E-state index in [0.717, 1.165) is 25.2 Å². The van der Waals surface area contributed by atoms with Crippen LogP contribution in [-0.4, -0.2) is 50.7 Å². The Morgan fingerprint density at radius 3 is 2.78 bits per heavy atom. The summed E-state index contributed by atoms with van der Waals surface area (Å²) in [6.45, 7) is 6.59. The number of benzene rings is 1. The van der Waals surface area contributed by atoms with Gasteiger partial charge in [-0.25, -0.2) is 4.68 Å². The number of aryl methyl sites for hydroxylation is 2. The molecule has 0 saturated carbocycles. The predicted octanol–water partition coefficient (Wildman–Crippen LogP) is 1.66. The molecule has 1 aliphatic heterocycles. The molecule has 5 nitrogen and oxygen atoms in total. The normalized spacial score (nSPS) is 22.4. The summed E-state index contributed by atoms with van der Waals surface area (Å²) in [5.41, 5.74) is 4.81. The van der Waals surface area contributed by atoms with Gasteiger partial charge in [-0.2, -0.15) is 5.10 Å². The van der Waals surface area contributed by atoms with Crippen molar-refractivity contribution >= 4 is 0 Å². The summed E-state index contributed by atoms with van der Waals surface area (Å²) in [7, 11) is 0. The SMILES string of the molecule is Cc1cc(C)c(CN2CC[C@H](CO)[C@H](O)C2)c(-n2cccn2)c1. The van der Waals surface area contributed by atoms with Crippen molar-refractivity contribution in [2.24, 2.45) is 5.92 Å². The van der Waals surface area contributed by atoms with E-state index in [0.29, 0.717) is 6.54 Å². The third-order valence-electron chi connectivity index (χ3n) is 4.77. The topological polar surface area (TPSA) is 61.5 Å². The lowest BCUT2D eigenvalue weighted by Crippen LogP contribution is -2.44. The maximum Gasteiger partial charge on any atom is 0.0717 e. The number of hydrogen-bond donors (Lipinski definition) is 2. The van der Waals surface area contributed by atoms with Gasteiger partial charge in [0.1, 0.15) is 0 Å². The first-order valence-electron chi connectivity index (χ1n) is 8.20. The molecule has 0 bridgehead atoms. The highest BCUT2D eigenvalue weighted by atomic mass is 16.3. The van der Waals surface area contributed by atoms with Crippen molar-refractivity contribution in [3.05, 3.63) is 47.3 Å². The minimum atomic E-state index is -0.451. The van der Waals surface area contributed by atoms with Crippen LogP contribution < -0.4 is 0 Å². The maximum atomic E-state index is 10.2. The number of hydrogen-bond acceptors (Lipinski definition) is 4. The molecule has 1 aromatic carbocycles. The van der Waals surface area contributed by atoms with Crippen molar-refractivity contribution in [1.29, 1.82) is 0 Å². The van der Waals surface area contributed by atoms with Crippen LogP contribution in [0.1, 0.15) is 23.1 Å². The molecule has 0 spiro atoms. The molecule has 0 amide bonds. The Hall–Kier alpha value is -1.69. The van der Waals surface area contributed by atoms with Crippen LogP contribution in [0.3, 0.4) is 0 Å². The molecular weight excluding hydrogens is 290 g/mol. The predicted molar refractivity (Wildman–Crippen MR) is 89.5 cm³/mol. The highest BCUT2D eigenvalue weighted by Crippen LogP contribution is 2.25. The molecule has 1 aliphatic rings. The van der Waals surface area contributed by atoms with Crippen LogP contribution >= 0.6 is 0 Å². The van der Waals surface area contributed by atoms with Gasteiger partial charge in [-0.15, -0.1) is 0 Å². The second kappa shape index (κ2) is 6.83. The van der Waals surface area contributed by atoms with Gasteiger partial charge < -0.3 is 10.2 Å². The van der Waals surface area contributed by atoms with Crippen molar-refractivity contribution in [2.75, 3.05) is 19.7 Å². The van der Waals surface area contributed by atoms with E-state index in [4.69, 9.17) is 0 Å². The molecule has 124 valence electrons. The number of rotatable bonds is 4. The first-order valence-corrected chi connectivity index (χ1v) is 8.20. The second-order valence-corrected chi connectivity index (χ2v) is 6.56. The van der Waals surface area contributed by atoms with Gasteiger partial charge in [0.05, 0.1) is 11.8 Å². The van der Waals surface area contributed by atoms with E-state index in [2.05, 4.69) is 36.0 Å². The van der Waals surface area contributed by atoms with Crippen LogP contribution in [0.25, 0.3) is 5.69 Å². The van der Waals surface area contributed by atoms with E-state index in [9.17, 15) is 10.2 Å². The summed E-state index contributed by atoms with van der Waals surface area (Å²) < 4.78 is 1.91. The van der Waals surface area contributed by atoms with Gasteiger partial charge in [0.15, 0.2) is 0 Å². The van der Waals surface area contributed by atoms with Crippen molar-refractivity contribution in [3.63, 3.8) is 0 Å². The molecule has 2 aromatic rings. The second-order valence-electron chi connectivity index (χ2n) is 6.56. The fourth-order valence-corrected chi connectivity index (χ4v) is 3.42. The number of nitrogens with zero attached hydrogens (tertiary/aromatic N) is 3. The average Bonchev–Trinajstić information content (AvgIpc) is 3.04. The van der Waals surface area contributed by atoms with Crippen LogP contribution in [0.2, 0.25) is 0 Å². The molecule has 1 aromatic heterocycles. The molecule has 2 N–H and O–H groups in total. The molecule has 0 aliphatic carbocycles. The molecule has 3 rings (SSSR count). The van der Waals surface area contributed by atoms with Crippen molar-refractivity contribution in [1.82, 2.24) is 14.7 Å². The van der Waals surface area contributed by atoms with Crippen LogP contribution in [-0.2, 0) is 6.54 Å². The molecule has 1 saturated heterocycles. The first-order chi connectivity index (χ1) is 11.1. The molecule has 0 radical (unpaired) electrons. The molecule has 0 unspecified atom stereocenters. The molecule has 2 heterocycles. The zero-order valence-corrected chi connectivity index (χ0v) is 13.8. The molecule has 1 fully saturated rings. The van der Waals surface area contributed by atoms with Gasteiger partial charge in [-0.05, 0) is 55.6 Å². The highest BCUT2D eigenvalue weighted by Gasteiger charge is 2.27. The van der Waals surface area contributed by atoms with Crippen molar-refractivity contribution in [2.45, 2.75) is 32.9 Å². The van der Waals surface area contributed by atoms with Gasteiger partial charge in [0.2, 0.25) is 0 Å². The fourth-order valence-electron chi connectivity index (χ4n) is 3.42. The Kier molecular flexibility index (Phi) is 4.80. The average molecular weight is 315 g/mol. The van der Waals surface area contributed by atoms with Crippen LogP contribution in [0.4, 0.5) is 0 Å². The van der Waals surface area contributed by atoms with Gasteiger partial charge in [-0.3, -0.25) is 4.90 Å². The van der Waals surface area contributed by atoms with Crippen molar-refractivity contribution in [3.8, 4) is 5.69 Å². The zero-order chi connectivity index (χ0) is 16.4. The quantitative estimate of drug-likeness (QED) is 0.901. The Morgan fingerprint density at radius 1 is 1.30 bits per heavy atom. The maximum absolute atomic E-state index is 10.2. The van der Waals surface area contributed by atoms with Gasteiger partial charge >= 0.3 is 0 Å². The lowest BCUT2D eigenvalue weighted by atomic mass is 9.94. The highest BCUT2D eigenvalue weighted by molar-refractivity contribution is 5.48. The monoisotopic (exact) mass is 315 g/mol. The Bertz CT molecular complexity index is 655. The fraction of sp³-hybridized carbons (Fsp3) is 0.500. The standard InChI is InChI=1S/C18H25N3O2/c1-13-8-14(2)16(17(9-13)21-6-3-5-19-21)10-20-7-4-15(12-22)18(23)11-20/h3,5-6,8-9,15,18,22-23H,4,7,10-12H2,1-2H3/t15-,18-/m1/s1. The van der Waals surface area contributed by atoms with Crippen LogP contribution in [0.5, 0.6) is 0 Å². The summed E-state index contributed by atoms with van der Waals surface area (Å²) in [6, 6.07) is 6.28. The minimum absolute atomic E-state index is 0.0101. The first kappa shape index (κ1) is 16.2. The third kappa shape index (κ3) is 3.47. The van der Waals surface area contributed by atoms with Gasteiger partial charge in [0, 0.05) is 38.0 Å². The zero-order valence-electron chi connectivity index (χ0n) is 13.8. The summed E-state index contributed by atoms with van der Waals surface area (Å²) >= 11 is 0. The minimum Gasteiger partial charge on any atom is -0.396 e. The third-order valence-corrected chi connectivity index (χ3v) is 4.77. The lowest BCUT2D eigenvalue weighted by molar-refractivity contribution is -0.00450. The van der Waals surface area contributed by atoms with E-state index in [1.165, 1.54) is 16.7 Å². The van der Waals surface area contributed by atoms with Crippen LogP contribution in [0, 0.1) is 19.8 Å². The number of likely N-dealkylation sites (tertiary alicyclic amines) is 1. The van der Waals surface area contributed by atoms with E-state index >= 15 is 0 Å². The number of piperidine rings is 1. The molecular formula is C18H25N3O2. The Labute approximate surface area is 137 Å². The molecule has 5 heteroatoms. The summed E-state index contributed by atoms with van der Waals surface area (Å²) in [6.07, 6.45) is 4.13. The van der Waals surface area contributed by atoms with Crippen molar-refractivity contribution < 1.29 is 10.2 Å². The number of aromatic nitrogens is 2. The number of aliphatic hydroxyl groups is 2. The summed E-state index contributed by atoms with van der Waals surface area (Å²) in [5.74, 6) is 0.0101. The Morgan fingerprint density at radius 2 is 2.13 bits per heavy atom. The largest absolute Gasteiger partial charge is 0.396 e. The summed E-state index contributed by atoms with van der Waals surface area (Å²) in [5, 5.41) is 23.8.